The van der Waals surface area contributed by atoms with Crippen LogP contribution in [-0.4, -0.2) is 47.1 Å². The first-order valence-electron chi connectivity index (χ1n) is 11.2. The van der Waals surface area contributed by atoms with Gasteiger partial charge >= 0.3 is 12.3 Å². The van der Waals surface area contributed by atoms with Gasteiger partial charge in [0.15, 0.2) is 0 Å². The Hall–Kier alpha value is -2.52. The van der Waals surface area contributed by atoms with Gasteiger partial charge in [-0.2, -0.15) is 13.2 Å². The summed E-state index contributed by atoms with van der Waals surface area (Å²) in [5, 5.41) is 3.00. The molecule has 7 nitrogen and oxygen atoms in total. The van der Waals surface area contributed by atoms with E-state index in [1.54, 1.807) is 4.90 Å². The van der Waals surface area contributed by atoms with Crippen LogP contribution >= 0.6 is 0 Å². The lowest BCUT2D eigenvalue weighted by molar-refractivity contribution is -0.161. The number of alkyl halides is 3. The minimum atomic E-state index is -4.51. The maximum atomic E-state index is 12.9. The largest absolute Gasteiger partial charge is 0.446 e. The van der Waals surface area contributed by atoms with Crippen molar-refractivity contribution >= 4 is 17.8 Å². The maximum Gasteiger partial charge on any atom is 0.433 e. The number of nitrogens with one attached hydrogen (secondary N) is 1. The van der Waals surface area contributed by atoms with E-state index in [2.05, 4.69) is 10.3 Å². The predicted octanol–water partition coefficient (Wildman–Crippen LogP) is 3.40. The summed E-state index contributed by atoms with van der Waals surface area (Å²) in [7, 11) is 0. The predicted molar refractivity (Wildman–Crippen MR) is 108 cm³/mol. The van der Waals surface area contributed by atoms with Gasteiger partial charge in [-0.15, -0.1) is 0 Å². The number of nitrogens with two attached hydrogens (primary N) is 1. The fraction of sp³-hybridized carbons (Fsp3) is 0.682. The fourth-order valence-corrected chi connectivity index (χ4v) is 6.59. The Bertz CT molecular complexity index is 908. The Labute approximate surface area is 183 Å². The molecule has 4 unspecified atom stereocenters. The highest BCUT2D eigenvalue weighted by Gasteiger charge is 2.59. The molecule has 174 valence electrons. The van der Waals surface area contributed by atoms with E-state index in [4.69, 9.17) is 10.5 Å². The number of rotatable bonds is 4. The number of carbonyl (C=O) groups is 2. The van der Waals surface area contributed by atoms with Crippen LogP contribution in [0.2, 0.25) is 0 Å². The third kappa shape index (κ3) is 3.77. The first-order chi connectivity index (χ1) is 15.1. The van der Waals surface area contributed by atoms with Crippen molar-refractivity contribution in [2.75, 3.05) is 18.4 Å². The van der Waals surface area contributed by atoms with Crippen molar-refractivity contribution in [3.05, 3.63) is 23.9 Å². The summed E-state index contributed by atoms with van der Waals surface area (Å²) >= 11 is 0. The van der Waals surface area contributed by atoms with Gasteiger partial charge in [0.05, 0.1) is 5.41 Å². The zero-order valence-electron chi connectivity index (χ0n) is 17.6. The van der Waals surface area contributed by atoms with Crippen LogP contribution in [0.5, 0.6) is 0 Å². The average molecular weight is 452 g/mol. The molecule has 4 aliphatic carbocycles. The van der Waals surface area contributed by atoms with E-state index in [0.717, 1.165) is 25.3 Å². The highest BCUT2D eigenvalue weighted by atomic mass is 19.4. The van der Waals surface area contributed by atoms with Gasteiger partial charge in [0, 0.05) is 19.1 Å². The van der Waals surface area contributed by atoms with Crippen molar-refractivity contribution in [1.29, 1.82) is 0 Å². The Kier molecular flexibility index (Phi) is 5.01. The summed E-state index contributed by atoms with van der Waals surface area (Å²) in [6, 6.07) is 3.52. The summed E-state index contributed by atoms with van der Waals surface area (Å²) in [6.07, 6.45) is -0.312. The molecule has 4 saturated carbocycles. The second kappa shape index (κ2) is 7.52. The number of hydrogen-bond donors (Lipinski definition) is 2. The van der Waals surface area contributed by atoms with E-state index in [9.17, 15) is 22.8 Å². The molecule has 6 rings (SSSR count). The van der Waals surface area contributed by atoms with Crippen LogP contribution in [0.1, 0.15) is 44.2 Å². The normalized spacial score (nSPS) is 35.7. The summed E-state index contributed by atoms with van der Waals surface area (Å²) in [5.74, 6) is 0.735. The highest BCUT2D eigenvalue weighted by molar-refractivity contribution is 5.81. The number of likely N-dealkylation sites (tertiary alicyclic amines) is 1. The fourth-order valence-electron chi connectivity index (χ4n) is 6.59. The molecule has 1 saturated heterocycles. The van der Waals surface area contributed by atoms with Crippen molar-refractivity contribution in [1.82, 2.24) is 9.88 Å². The van der Waals surface area contributed by atoms with Crippen molar-refractivity contribution in [3.63, 3.8) is 0 Å². The average Bonchev–Trinajstić information content (AvgIpc) is 3.18. The van der Waals surface area contributed by atoms with Crippen LogP contribution in [0, 0.1) is 23.2 Å². The number of halogens is 3. The molecule has 3 N–H and O–H groups in total. The minimum absolute atomic E-state index is 0.137. The van der Waals surface area contributed by atoms with Crippen LogP contribution in [0.15, 0.2) is 18.2 Å². The number of aromatic nitrogens is 1. The molecule has 0 radical (unpaired) electrons. The molecular weight excluding hydrogens is 425 g/mol. The number of amides is 2. The van der Waals surface area contributed by atoms with Gasteiger partial charge in [-0.3, -0.25) is 4.79 Å². The van der Waals surface area contributed by atoms with Gasteiger partial charge < -0.3 is 20.7 Å². The van der Waals surface area contributed by atoms with Gasteiger partial charge in [-0.25, -0.2) is 9.78 Å². The van der Waals surface area contributed by atoms with Crippen LogP contribution in [0.4, 0.5) is 23.8 Å². The lowest BCUT2D eigenvalue weighted by Gasteiger charge is -2.58. The first kappa shape index (κ1) is 21.3. The number of ether oxygens (including phenoxy) is 1. The molecule has 4 bridgehead atoms. The monoisotopic (exact) mass is 452 g/mol. The molecule has 0 aromatic carbocycles. The Balaban J connectivity index is 1.18. The molecule has 1 aromatic rings. The number of primary amides is 1. The van der Waals surface area contributed by atoms with Crippen LogP contribution < -0.4 is 11.1 Å². The Morgan fingerprint density at radius 3 is 2.56 bits per heavy atom. The third-order valence-electron chi connectivity index (χ3n) is 7.78. The summed E-state index contributed by atoms with van der Waals surface area (Å²) < 4.78 is 44.6. The quantitative estimate of drug-likeness (QED) is 0.730. The zero-order chi connectivity index (χ0) is 22.7. The number of pyridine rings is 1. The highest BCUT2D eigenvalue weighted by Crippen LogP contribution is 2.60. The molecular formula is C22H27F3N4O3. The van der Waals surface area contributed by atoms with E-state index in [-0.39, 0.29) is 35.7 Å². The van der Waals surface area contributed by atoms with Gasteiger partial charge in [-0.1, -0.05) is 6.07 Å². The number of nitrogens with zero attached hydrogens (tertiary/aromatic N) is 2. The number of hydrogen-bond acceptors (Lipinski definition) is 5. The van der Waals surface area contributed by atoms with Gasteiger partial charge in [0.25, 0.3) is 0 Å². The third-order valence-corrected chi connectivity index (χ3v) is 7.78. The molecule has 2 amide bonds. The Morgan fingerprint density at radius 2 is 1.91 bits per heavy atom. The SMILES string of the molecule is NC(=O)C12CC3CC(C1)C(OC(=O)N1CC[C@@H](Nc4cccc(C(F)(F)F)n4)C1)[C@@H](C3)C2. The van der Waals surface area contributed by atoms with Crippen molar-refractivity contribution < 1.29 is 27.5 Å². The van der Waals surface area contributed by atoms with E-state index in [0.29, 0.717) is 38.3 Å². The lowest BCUT2D eigenvalue weighted by atomic mass is 9.48. The standard InChI is InChI=1S/C22H27F3N4O3/c23-22(24,25)16-2-1-3-17(28-16)27-15-4-5-29(11-15)20(31)32-18-13-6-12-7-14(18)10-21(8-12,9-13)19(26)30/h1-3,12-15,18H,4-11H2,(H2,26,30)(H,27,28)/t12?,13-,14?,15+,18?,21?/m0/s1. The van der Waals surface area contributed by atoms with Gasteiger partial charge in [0.2, 0.25) is 5.91 Å². The van der Waals surface area contributed by atoms with Crippen molar-refractivity contribution in [2.24, 2.45) is 28.9 Å². The van der Waals surface area contributed by atoms with Crippen molar-refractivity contribution in [2.45, 2.75) is 56.8 Å². The topological polar surface area (TPSA) is 97.6 Å². The molecule has 1 aliphatic heterocycles. The van der Waals surface area contributed by atoms with Crippen molar-refractivity contribution in [3.8, 4) is 0 Å². The zero-order valence-corrected chi connectivity index (χ0v) is 17.6. The summed E-state index contributed by atoms with van der Waals surface area (Å²) in [6.45, 7) is 0.804. The van der Waals surface area contributed by atoms with E-state index >= 15 is 0 Å². The molecule has 5 aliphatic rings. The Morgan fingerprint density at radius 1 is 1.19 bits per heavy atom. The molecule has 32 heavy (non-hydrogen) atoms. The maximum absolute atomic E-state index is 12.9. The second-order valence-corrected chi connectivity index (χ2v) is 9.94. The number of carbonyl (C=O) groups excluding carboxylic acids is 2. The smallest absolute Gasteiger partial charge is 0.433 e. The molecule has 2 heterocycles. The second-order valence-electron chi connectivity index (χ2n) is 9.94. The molecule has 6 atom stereocenters. The summed E-state index contributed by atoms with van der Waals surface area (Å²) in [4.78, 5) is 30.2. The van der Waals surface area contributed by atoms with E-state index < -0.39 is 23.4 Å². The van der Waals surface area contributed by atoms with Crippen LogP contribution in [-0.2, 0) is 15.7 Å². The first-order valence-corrected chi connectivity index (χ1v) is 11.2. The van der Waals surface area contributed by atoms with E-state index in [1.165, 1.54) is 12.1 Å². The lowest BCUT2D eigenvalue weighted by Crippen LogP contribution is -2.59. The molecule has 10 heteroatoms. The van der Waals surface area contributed by atoms with E-state index in [1.807, 2.05) is 0 Å². The molecule has 1 aromatic heterocycles. The molecule has 5 fully saturated rings. The van der Waals surface area contributed by atoms with Crippen LogP contribution in [0.3, 0.4) is 0 Å². The summed E-state index contributed by atoms with van der Waals surface area (Å²) in [5.41, 5.74) is 4.34. The molecule has 0 spiro atoms. The van der Waals surface area contributed by atoms with Gasteiger partial charge in [-0.05, 0) is 68.4 Å². The minimum Gasteiger partial charge on any atom is -0.446 e. The van der Waals surface area contributed by atoms with Crippen LogP contribution in [0.25, 0.3) is 0 Å². The number of anilines is 1. The van der Waals surface area contributed by atoms with Gasteiger partial charge in [0.1, 0.15) is 17.6 Å².